The highest BCUT2D eigenvalue weighted by Gasteiger charge is 2.59. The molecule has 0 atom stereocenters. The zero-order valence-electron chi connectivity index (χ0n) is 5.88. The van der Waals surface area contributed by atoms with E-state index in [4.69, 9.17) is 0 Å². The Morgan fingerprint density at radius 2 is 1.62 bits per heavy atom. The highest BCUT2D eigenvalue weighted by atomic mass is 19.4. The summed E-state index contributed by atoms with van der Waals surface area (Å²) in [7, 11) is 0. The number of hydrogen-bond donors (Lipinski definition) is 2. The van der Waals surface area contributed by atoms with Crippen LogP contribution in [-0.2, 0) is 5.92 Å². The number of H-pyrrole nitrogens is 2. The normalized spacial score (nSPS) is 13.3. The van der Waals surface area contributed by atoms with Crippen LogP contribution < -0.4 is 5.56 Å². The van der Waals surface area contributed by atoms with Crippen molar-refractivity contribution in [1.82, 2.24) is 10.2 Å². The van der Waals surface area contributed by atoms with Crippen molar-refractivity contribution in [2.75, 3.05) is 0 Å². The molecule has 1 aromatic rings. The van der Waals surface area contributed by atoms with Gasteiger partial charge in [-0.3, -0.25) is 15.0 Å². The third-order valence-electron chi connectivity index (χ3n) is 1.29. The molecule has 0 unspecified atom stereocenters. The smallest absolute Gasteiger partial charge is 0.296 e. The van der Waals surface area contributed by atoms with Crippen LogP contribution in [0.5, 0.6) is 0 Å². The zero-order chi connectivity index (χ0) is 10.3. The molecule has 2 N–H and O–H groups in total. The number of halogens is 5. The molecule has 0 aliphatic rings. The predicted molar refractivity (Wildman–Crippen MR) is 31.4 cm³/mol. The fourth-order valence-corrected chi connectivity index (χ4v) is 0.654. The van der Waals surface area contributed by atoms with E-state index in [2.05, 4.69) is 0 Å². The molecule has 74 valence electrons. The van der Waals surface area contributed by atoms with Crippen LogP contribution in [0.2, 0.25) is 0 Å². The number of rotatable bonds is 1. The zero-order valence-corrected chi connectivity index (χ0v) is 5.88. The van der Waals surface area contributed by atoms with Gasteiger partial charge in [-0.25, -0.2) is 0 Å². The monoisotopic (exact) mass is 202 g/mol. The number of nitrogens with one attached hydrogen (secondary N) is 2. The van der Waals surface area contributed by atoms with Crippen LogP contribution in [0.4, 0.5) is 22.0 Å². The SMILES string of the molecule is O=c1cc(C(F)(F)C(F)(F)F)[nH][nH]1. The van der Waals surface area contributed by atoms with Crippen molar-refractivity contribution in [3.05, 3.63) is 22.1 Å². The minimum atomic E-state index is -5.71. The van der Waals surface area contributed by atoms with Gasteiger partial charge in [0.05, 0.1) is 0 Å². The Kier molecular flexibility index (Phi) is 1.93. The molecule has 3 nitrogen and oxygen atoms in total. The lowest BCUT2D eigenvalue weighted by Gasteiger charge is -2.17. The lowest BCUT2D eigenvalue weighted by atomic mass is 10.2. The molecule has 8 heteroatoms. The molecule has 0 spiro atoms. The van der Waals surface area contributed by atoms with Crippen LogP contribution >= 0.6 is 0 Å². The van der Waals surface area contributed by atoms with Crippen molar-refractivity contribution >= 4 is 0 Å². The topological polar surface area (TPSA) is 48.6 Å². The van der Waals surface area contributed by atoms with Crippen molar-refractivity contribution in [1.29, 1.82) is 0 Å². The van der Waals surface area contributed by atoms with Crippen molar-refractivity contribution in [3.63, 3.8) is 0 Å². The Morgan fingerprint density at radius 1 is 1.08 bits per heavy atom. The molecule has 1 heterocycles. The fourth-order valence-electron chi connectivity index (χ4n) is 0.654. The quantitative estimate of drug-likeness (QED) is 0.663. The lowest BCUT2D eigenvalue weighted by molar-refractivity contribution is -0.290. The van der Waals surface area contributed by atoms with Gasteiger partial charge in [0, 0.05) is 6.07 Å². The second-order valence-corrected chi connectivity index (χ2v) is 2.24. The van der Waals surface area contributed by atoms with Crippen LogP contribution in [0.1, 0.15) is 5.69 Å². The van der Waals surface area contributed by atoms with E-state index in [-0.39, 0.29) is 6.07 Å². The Morgan fingerprint density at radius 3 is 1.92 bits per heavy atom. The third-order valence-corrected chi connectivity index (χ3v) is 1.29. The van der Waals surface area contributed by atoms with E-state index in [9.17, 15) is 26.7 Å². The summed E-state index contributed by atoms with van der Waals surface area (Å²) in [6.45, 7) is 0. The van der Waals surface area contributed by atoms with Crippen molar-refractivity contribution in [3.8, 4) is 0 Å². The van der Waals surface area contributed by atoms with Gasteiger partial charge in [0.25, 0.3) is 5.56 Å². The summed E-state index contributed by atoms with van der Waals surface area (Å²) >= 11 is 0. The van der Waals surface area contributed by atoms with Crippen LogP contribution in [0.3, 0.4) is 0 Å². The average Bonchev–Trinajstić information content (AvgIpc) is 2.33. The minimum absolute atomic E-state index is 0.160. The van der Waals surface area contributed by atoms with Gasteiger partial charge in [-0.1, -0.05) is 0 Å². The molecular formula is C5H3F5N2O. The summed E-state index contributed by atoms with van der Waals surface area (Å²) in [5.41, 5.74) is -2.54. The van der Waals surface area contributed by atoms with Gasteiger partial charge in [-0.05, 0) is 0 Å². The van der Waals surface area contributed by atoms with E-state index in [1.54, 1.807) is 5.10 Å². The van der Waals surface area contributed by atoms with E-state index in [1.807, 2.05) is 0 Å². The summed E-state index contributed by atoms with van der Waals surface area (Å²) < 4.78 is 59.6. The Labute approximate surface area is 67.5 Å². The minimum Gasteiger partial charge on any atom is -0.296 e. The van der Waals surface area contributed by atoms with E-state index in [1.165, 1.54) is 5.10 Å². The molecule has 0 amide bonds. The second-order valence-electron chi connectivity index (χ2n) is 2.24. The van der Waals surface area contributed by atoms with Crippen molar-refractivity contribution in [2.45, 2.75) is 12.1 Å². The van der Waals surface area contributed by atoms with E-state index in [0.717, 1.165) is 0 Å². The van der Waals surface area contributed by atoms with Crippen molar-refractivity contribution < 1.29 is 22.0 Å². The maximum absolute atomic E-state index is 12.4. The van der Waals surface area contributed by atoms with Gasteiger partial charge in [0.1, 0.15) is 5.69 Å². The van der Waals surface area contributed by atoms with E-state index in [0.29, 0.717) is 0 Å². The summed E-state index contributed by atoms with van der Waals surface area (Å²) in [4.78, 5) is 10.3. The maximum atomic E-state index is 12.4. The first-order valence-electron chi connectivity index (χ1n) is 2.98. The molecule has 0 radical (unpaired) electrons. The van der Waals surface area contributed by atoms with Gasteiger partial charge < -0.3 is 0 Å². The molecule has 0 aromatic carbocycles. The first kappa shape index (κ1) is 9.75. The summed E-state index contributed by atoms with van der Waals surface area (Å²) in [6.07, 6.45) is -5.71. The van der Waals surface area contributed by atoms with Gasteiger partial charge >= 0.3 is 12.1 Å². The van der Waals surface area contributed by atoms with Crippen LogP contribution in [-0.4, -0.2) is 16.4 Å². The Bertz CT molecular complexity index is 348. The summed E-state index contributed by atoms with van der Waals surface area (Å²) in [5.74, 6) is -5.04. The Hall–Kier alpha value is -1.34. The molecule has 0 fully saturated rings. The first-order chi connectivity index (χ1) is 5.75. The van der Waals surface area contributed by atoms with Crippen LogP contribution in [0.25, 0.3) is 0 Å². The second kappa shape index (κ2) is 2.57. The number of alkyl halides is 5. The van der Waals surface area contributed by atoms with E-state index < -0.39 is 23.4 Å². The number of aromatic amines is 2. The standard InChI is InChI=1S/C5H3F5N2O/c6-4(7,5(8,9)10)2-1-3(13)12-11-2/h1H,(H2,11,12,13). The largest absolute Gasteiger partial charge is 0.459 e. The molecule has 0 bridgehead atoms. The molecule has 1 rings (SSSR count). The van der Waals surface area contributed by atoms with Crippen molar-refractivity contribution in [2.24, 2.45) is 0 Å². The lowest BCUT2D eigenvalue weighted by Crippen LogP contribution is -2.34. The molecule has 0 saturated heterocycles. The predicted octanol–water partition coefficient (Wildman–Crippen LogP) is 1.36. The molecule has 1 aromatic heterocycles. The first-order valence-corrected chi connectivity index (χ1v) is 2.98. The van der Waals surface area contributed by atoms with Gasteiger partial charge in [-0.15, -0.1) is 0 Å². The fraction of sp³-hybridized carbons (Fsp3) is 0.400. The van der Waals surface area contributed by atoms with Gasteiger partial charge in [0.2, 0.25) is 0 Å². The Balaban J connectivity index is 3.14. The molecular weight excluding hydrogens is 199 g/mol. The van der Waals surface area contributed by atoms with Gasteiger partial charge in [0.15, 0.2) is 0 Å². The molecule has 0 aliphatic carbocycles. The van der Waals surface area contributed by atoms with Gasteiger partial charge in [-0.2, -0.15) is 22.0 Å². The summed E-state index contributed by atoms with van der Waals surface area (Å²) in [5, 5.41) is 3.03. The number of hydrogen-bond acceptors (Lipinski definition) is 1. The molecule has 0 saturated carbocycles. The number of aromatic nitrogens is 2. The molecule has 13 heavy (non-hydrogen) atoms. The van der Waals surface area contributed by atoms with E-state index >= 15 is 0 Å². The summed E-state index contributed by atoms with van der Waals surface area (Å²) in [6, 6.07) is 0.160. The maximum Gasteiger partial charge on any atom is 0.459 e. The highest BCUT2D eigenvalue weighted by Crippen LogP contribution is 2.42. The highest BCUT2D eigenvalue weighted by molar-refractivity contribution is 5.08. The molecule has 0 aliphatic heterocycles. The van der Waals surface area contributed by atoms with Crippen LogP contribution in [0.15, 0.2) is 10.9 Å². The third kappa shape index (κ3) is 1.56. The van der Waals surface area contributed by atoms with Crippen LogP contribution in [0, 0.1) is 0 Å². The average molecular weight is 202 g/mol.